The molecule has 2 fully saturated rings. The molecule has 0 unspecified atom stereocenters. The molecule has 27 heavy (non-hydrogen) atoms. The van der Waals surface area contributed by atoms with Gasteiger partial charge in [-0.15, -0.1) is 0 Å². The summed E-state index contributed by atoms with van der Waals surface area (Å²) in [7, 11) is 0. The average Bonchev–Trinajstić information content (AvgIpc) is 3.21. The van der Waals surface area contributed by atoms with Crippen LogP contribution < -0.4 is 0 Å². The molecule has 0 saturated carbocycles. The van der Waals surface area contributed by atoms with E-state index in [0.29, 0.717) is 23.3 Å². The fourth-order valence-electron chi connectivity index (χ4n) is 4.65. The largest absolute Gasteiger partial charge is 0.335 e. The Hall–Kier alpha value is -1.91. The van der Waals surface area contributed by atoms with Crippen LogP contribution in [0.25, 0.3) is 0 Å². The van der Waals surface area contributed by atoms with Crippen molar-refractivity contribution < 1.29 is 9.18 Å². The van der Waals surface area contributed by atoms with Crippen LogP contribution in [0.4, 0.5) is 4.39 Å². The van der Waals surface area contributed by atoms with Gasteiger partial charge in [0.1, 0.15) is 5.82 Å². The van der Waals surface area contributed by atoms with Crippen LogP contribution in [-0.2, 0) is 11.2 Å². The smallest absolute Gasteiger partial charge is 0.227 e. The van der Waals surface area contributed by atoms with Crippen LogP contribution in [-0.4, -0.2) is 41.9 Å². The van der Waals surface area contributed by atoms with Crippen LogP contribution in [0.3, 0.4) is 0 Å². The summed E-state index contributed by atoms with van der Waals surface area (Å²) in [5.41, 5.74) is 1.86. The first-order valence-electron chi connectivity index (χ1n) is 9.57. The summed E-state index contributed by atoms with van der Waals surface area (Å²) >= 11 is 5.95. The lowest BCUT2D eigenvalue weighted by molar-refractivity contribution is -0.132. The lowest BCUT2D eigenvalue weighted by Crippen LogP contribution is -2.36. The molecule has 2 saturated heterocycles. The van der Waals surface area contributed by atoms with E-state index in [1.165, 1.54) is 6.07 Å². The van der Waals surface area contributed by atoms with E-state index in [4.69, 9.17) is 11.6 Å². The molecule has 2 aliphatic rings. The lowest BCUT2D eigenvalue weighted by Gasteiger charge is -2.30. The minimum Gasteiger partial charge on any atom is -0.335 e. The van der Waals surface area contributed by atoms with Crippen molar-refractivity contribution in [1.82, 2.24) is 9.80 Å². The van der Waals surface area contributed by atoms with Crippen molar-refractivity contribution in [2.45, 2.75) is 19.4 Å². The van der Waals surface area contributed by atoms with Crippen LogP contribution in [0.2, 0.25) is 5.02 Å². The minimum absolute atomic E-state index is 0.0537. The maximum absolute atomic E-state index is 13.9. The van der Waals surface area contributed by atoms with Crippen LogP contribution in [0.15, 0.2) is 48.5 Å². The second-order valence-electron chi connectivity index (χ2n) is 7.63. The second kappa shape index (κ2) is 7.61. The van der Waals surface area contributed by atoms with E-state index in [1.54, 1.807) is 12.1 Å². The molecule has 3 atom stereocenters. The highest BCUT2D eigenvalue weighted by Crippen LogP contribution is 2.45. The third-order valence-corrected chi connectivity index (χ3v) is 6.22. The first kappa shape index (κ1) is 18.5. The molecule has 1 amide bonds. The van der Waals surface area contributed by atoms with Gasteiger partial charge in [0.25, 0.3) is 0 Å². The highest BCUT2D eigenvalue weighted by atomic mass is 35.5. The fraction of sp³-hybridized carbons (Fsp3) is 0.409. The molecule has 2 heterocycles. The number of hydrogen-bond acceptors (Lipinski definition) is 2. The number of hydrogen-bond donors (Lipinski definition) is 0. The molecule has 0 aliphatic carbocycles. The number of amides is 1. The number of benzene rings is 2. The Morgan fingerprint density at radius 2 is 1.93 bits per heavy atom. The summed E-state index contributed by atoms with van der Waals surface area (Å²) in [5.74, 6) is 0.670. The molecule has 2 aliphatic heterocycles. The van der Waals surface area contributed by atoms with Gasteiger partial charge in [0.15, 0.2) is 0 Å². The van der Waals surface area contributed by atoms with Gasteiger partial charge in [0, 0.05) is 30.6 Å². The third kappa shape index (κ3) is 3.74. The summed E-state index contributed by atoms with van der Waals surface area (Å²) in [6.07, 6.45) is 0.347. The quantitative estimate of drug-likeness (QED) is 0.787. The molecule has 0 spiro atoms. The molecule has 2 aromatic rings. The highest BCUT2D eigenvalue weighted by Gasteiger charge is 2.48. The third-order valence-electron chi connectivity index (χ3n) is 5.97. The molecule has 2 aromatic carbocycles. The van der Waals surface area contributed by atoms with Crippen molar-refractivity contribution in [3.8, 4) is 0 Å². The molecular weight excluding hydrogens is 363 g/mol. The van der Waals surface area contributed by atoms with Gasteiger partial charge in [-0.05, 0) is 47.9 Å². The predicted octanol–water partition coefficient (Wildman–Crippen LogP) is 4.17. The number of carbonyl (C=O) groups excluding carboxylic acids is 1. The zero-order chi connectivity index (χ0) is 19.0. The second-order valence-corrected chi connectivity index (χ2v) is 8.06. The molecule has 142 valence electrons. The Morgan fingerprint density at radius 3 is 2.63 bits per heavy atom. The Morgan fingerprint density at radius 1 is 1.15 bits per heavy atom. The molecule has 3 nitrogen and oxygen atoms in total. The zero-order valence-electron chi connectivity index (χ0n) is 15.4. The van der Waals surface area contributed by atoms with E-state index in [0.717, 1.165) is 37.3 Å². The Bertz CT molecular complexity index is 825. The van der Waals surface area contributed by atoms with Gasteiger partial charge >= 0.3 is 0 Å². The van der Waals surface area contributed by atoms with Gasteiger partial charge in [0.2, 0.25) is 5.91 Å². The molecule has 0 aromatic heterocycles. The summed E-state index contributed by atoms with van der Waals surface area (Å²) in [5, 5.41) is 0.666. The van der Waals surface area contributed by atoms with E-state index in [-0.39, 0.29) is 17.8 Å². The monoisotopic (exact) mass is 386 g/mol. The van der Waals surface area contributed by atoms with Gasteiger partial charge in [0.05, 0.1) is 12.5 Å². The van der Waals surface area contributed by atoms with Gasteiger partial charge in [-0.1, -0.05) is 42.8 Å². The van der Waals surface area contributed by atoms with Crippen molar-refractivity contribution in [1.29, 1.82) is 0 Å². The molecule has 0 radical (unpaired) electrons. The van der Waals surface area contributed by atoms with Crippen molar-refractivity contribution in [3.63, 3.8) is 0 Å². The van der Waals surface area contributed by atoms with Gasteiger partial charge < -0.3 is 9.80 Å². The van der Waals surface area contributed by atoms with Gasteiger partial charge in [-0.25, -0.2) is 4.39 Å². The summed E-state index contributed by atoms with van der Waals surface area (Å²) < 4.78 is 13.9. The molecule has 4 rings (SSSR count). The van der Waals surface area contributed by atoms with Crippen LogP contribution in [0.1, 0.15) is 24.1 Å². The number of nitrogens with zero attached hydrogens (tertiary/aromatic N) is 2. The molecular formula is C22H24ClFN2O. The van der Waals surface area contributed by atoms with E-state index in [1.807, 2.05) is 35.2 Å². The summed E-state index contributed by atoms with van der Waals surface area (Å²) in [6.45, 7) is 5.91. The minimum atomic E-state index is -0.244. The maximum Gasteiger partial charge on any atom is 0.227 e. The number of carbonyl (C=O) groups is 1. The average molecular weight is 387 g/mol. The van der Waals surface area contributed by atoms with Gasteiger partial charge in [-0.2, -0.15) is 0 Å². The Labute approximate surface area is 164 Å². The molecule has 0 N–H and O–H groups in total. The van der Waals surface area contributed by atoms with E-state index >= 15 is 0 Å². The SMILES string of the molecule is CCN1C[C@H]2CN(C(=O)Cc3ccc(Cl)cc3)[C@H](c3cccc(F)c3)[C@H]2C1. The predicted molar refractivity (Wildman–Crippen MR) is 105 cm³/mol. The van der Waals surface area contributed by atoms with Crippen LogP contribution in [0, 0.1) is 17.7 Å². The number of halogens is 2. The summed E-state index contributed by atoms with van der Waals surface area (Å²) in [6, 6.07) is 14.1. The summed E-state index contributed by atoms with van der Waals surface area (Å²) in [4.78, 5) is 17.5. The highest BCUT2D eigenvalue weighted by molar-refractivity contribution is 6.30. The fourth-order valence-corrected chi connectivity index (χ4v) is 4.77. The maximum atomic E-state index is 13.9. The normalized spacial score (nSPS) is 25.0. The van der Waals surface area contributed by atoms with Crippen molar-refractivity contribution in [2.24, 2.45) is 11.8 Å². The van der Waals surface area contributed by atoms with Crippen molar-refractivity contribution >= 4 is 17.5 Å². The lowest BCUT2D eigenvalue weighted by atomic mass is 9.89. The van der Waals surface area contributed by atoms with Gasteiger partial charge in [-0.3, -0.25) is 4.79 Å². The standard InChI is InChI=1S/C22H24ClFN2O/c1-2-25-12-17-13-26(21(27)10-15-6-8-18(23)9-7-15)22(20(17)14-25)16-4-3-5-19(24)11-16/h3-9,11,17,20,22H,2,10,12-14H2,1H3/t17-,20-,22+/m0/s1. The Kier molecular flexibility index (Phi) is 5.20. The number of likely N-dealkylation sites (tertiary alicyclic amines) is 2. The van der Waals surface area contributed by atoms with Crippen molar-refractivity contribution in [2.75, 3.05) is 26.2 Å². The first-order chi connectivity index (χ1) is 13.0. The number of rotatable bonds is 4. The first-order valence-corrected chi connectivity index (χ1v) is 9.94. The van der Waals surface area contributed by atoms with E-state index in [9.17, 15) is 9.18 Å². The number of fused-ring (bicyclic) bond motifs is 1. The topological polar surface area (TPSA) is 23.6 Å². The Balaban J connectivity index is 1.60. The molecule has 0 bridgehead atoms. The van der Waals surface area contributed by atoms with E-state index < -0.39 is 0 Å². The van der Waals surface area contributed by atoms with E-state index in [2.05, 4.69) is 11.8 Å². The van der Waals surface area contributed by atoms with Crippen molar-refractivity contribution in [3.05, 3.63) is 70.5 Å². The van der Waals surface area contributed by atoms with Crippen LogP contribution >= 0.6 is 11.6 Å². The zero-order valence-corrected chi connectivity index (χ0v) is 16.2. The van der Waals surface area contributed by atoms with Crippen LogP contribution in [0.5, 0.6) is 0 Å². The molecule has 5 heteroatoms.